The highest BCUT2D eigenvalue weighted by Crippen LogP contribution is 2.34. The molecule has 0 unspecified atom stereocenters. The largest absolute Gasteiger partial charge is 0.359 e. The Morgan fingerprint density at radius 1 is 1.32 bits per heavy atom. The van der Waals surface area contributed by atoms with Crippen molar-refractivity contribution in [2.24, 2.45) is 5.92 Å². The Morgan fingerprint density at radius 2 is 2.11 bits per heavy atom. The van der Waals surface area contributed by atoms with Crippen LogP contribution in [0.15, 0.2) is 18.2 Å². The maximum Gasteiger partial charge on any atom is 0.184 e. The maximum atomic E-state index is 6.19. The van der Waals surface area contributed by atoms with Gasteiger partial charge in [0, 0.05) is 6.04 Å². The van der Waals surface area contributed by atoms with E-state index in [0.29, 0.717) is 6.04 Å². The lowest BCUT2D eigenvalue weighted by Crippen LogP contribution is -2.25. The smallest absolute Gasteiger partial charge is 0.184 e. The third-order valence-electron chi connectivity index (χ3n) is 4.12. The molecule has 1 aromatic heterocycles. The van der Waals surface area contributed by atoms with Gasteiger partial charge in [0.25, 0.3) is 0 Å². The number of halogens is 1. The second-order valence-corrected chi connectivity index (χ2v) is 6.78. The Morgan fingerprint density at radius 3 is 2.79 bits per heavy atom. The number of anilines is 1. The summed E-state index contributed by atoms with van der Waals surface area (Å²) in [5, 5.41) is 5.41. The highest BCUT2D eigenvalue weighted by molar-refractivity contribution is 7.22. The third kappa shape index (κ3) is 2.87. The van der Waals surface area contributed by atoms with Gasteiger partial charge >= 0.3 is 0 Å². The minimum absolute atomic E-state index is 0.585. The Hall–Kier alpha value is -0.800. The first-order chi connectivity index (χ1) is 9.26. The zero-order valence-electron chi connectivity index (χ0n) is 11.2. The van der Waals surface area contributed by atoms with Gasteiger partial charge in [-0.05, 0) is 43.7 Å². The second kappa shape index (κ2) is 5.68. The van der Waals surface area contributed by atoms with E-state index in [1.807, 2.05) is 18.2 Å². The molecule has 1 aromatic carbocycles. The normalized spacial score (nSPS) is 23.7. The Bertz CT molecular complexity index is 558. The van der Waals surface area contributed by atoms with Crippen LogP contribution in [0.3, 0.4) is 0 Å². The molecule has 102 valence electrons. The maximum absolute atomic E-state index is 6.19. The van der Waals surface area contributed by atoms with Crippen LogP contribution in [0.1, 0.15) is 39.0 Å². The fraction of sp³-hybridized carbons (Fsp3) is 0.533. The number of thiazole rings is 1. The molecule has 1 aliphatic rings. The highest BCUT2D eigenvalue weighted by atomic mass is 35.5. The molecule has 1 heterocycles. The number of aromatic nitrogens is 1. The van der Waals surface area contributed by atoms with Crippen LogP contribution >= 0.6 is 22.9 Å². The predicted octanol–water partition coefficient (Wildman–Crippen LogP) is 5.33. The van der Waals surface area contributed by atoms with E-state index in [2.05, 4.69) is 17.2 Å². The number of nitrogens with zero attached hydrogens (tertiary/aromatic N) is 1. The average Bonchev–Trinajstić information content (AvgIpc) is 2.84. The molecular formula is C15H19ClN2S. The first-order valence-electron chi connectivity index (χ1n) is 7.08. The van der Waals surface area contributed by atoms with Crippen LogP contribution in [-0.4, -0.2) is 11.0 Å². The Kier molecular flexibility index (Phi) is 3.94. The van der Waals surface area contributed by atoms with Crippen LogP contribution in [0.25, 0.3) is 10.2 Å². The van der Waals surface area contributed by atoms with Crippen molar-refractivity contribution in [1.82, 2.24) is 4.98 Å². The summed E-state index contributed by atoms with van der Waals surface area (Å²) < 4.78 is 1.09. The summed E-state index contributed by atoms with van der Waals surface area (Å²) in [6.45, 7) is 2.30. The van der Waals surface area contributed by atoms with E-state index in [0.717, 1.165) is 26.3 Å². The first kappa shape index (κ1) is 13.2. The molecule has 0 saturated heterocycles. The lowest BCUT2D eigenvalue weighted by atomic mass is 9.85. The Labute approximate surface area is 123 Å². The number of fused-ring (bicyclic) bond motifs is 1. The zero-order chi connectivity index (χ0) is 13.2. The molecule has 0 amide bonds. The number of hydrogen-bond donors (Lipinski definition) is 1. The van der Waals surface area contributed by atoms with Gasteiger partial charge in [0.2, 0.25) is 0 Å². The van der Waals surface area contributed by atoms with E-state index >= 15 is 0 Å². The van der Waals surface area contributed by atoms with Gasteiger partial charge in [-0.25, -0.2) is 4.98 Å². The van der Waals surface area contributed by atoms with Crippen molar-refractivity contribution in [2.45, 2.75) is 45.1 Å². The Balaban J connectivity index is 1.70. The van der Waals surface area contributed by atoms with E-state index in [9.17, 15) is 0 Å². The molecule has 1 saturated carbocycles. The van der Waals surface area contributed by atoms with E-state index < -0.39 is 0 Å². The van der Waals surface area contributed by atoms with Crippen molar-refractivity contribution in [1.29, 1.82) is 0 Å². The van der Waals surface area contributed by atoms with Crippen molar-refractivity contribution in [3.8, 4) is 0 Å². The van der Waals surface area contributed by atoms with Gasteiger partial charge in [-0.1, -0.05) is 42.3 Å². The summed E-state index contributed by atoms with van der Waals surface area (Å²) in [4.78, 5) is 4.63. The fourth-order valence-electron chi connectivity index (χ4n) is 2.87. The quantitative estimate of drug-likeness (QED) is 0.827. The lowest BCUT2D eigenvalue weighted by Gasteiger charge is -2.28. The van der Waals surface area contributed by atoms with Crippen molar-refractivity contribution >= 4 is 38.3 Å². The van der Waals surface area contributed by atoms with Gasteiger partial charge in [0.15, 0.2) is 5.13 Å². The van der Waals surface area contributed by atoms with Crippen molar-refractivity contribution in [3.05, 3.63) is 23.2 Å². The molecule has 0 aliphatic heterocycles. The molecular weight excluding hydrogens is 276 g/mol. The molecule has 0 bridgehead atoms. The number of rotatable bonds is 3. The van der Waals surface area contributed by atoms with E-state index in [1.165, 1.54) is 32.1 Å². The number of nitrogens with one attached hydrogen (secondary N) is 1. The molecule has 4 heteroatoms. The average molecular weight is 295 g/mol. The molecule has 19 heavy (non-hydrogen) atoms. The van der Waals surface area contributed by atoms with Crippen LogP contribution in [0.4, 0.5) is 5.13 Å². The molecule has 3 rings (SSSR count). The van der Waals surface area contributed by atoms with E-state index in [-0.39, 0.29) is 0 Å². The molecule has 1 fully saturated rings. The van der Waals surface area contributed by atoms with Gasteiger partial charge in [-0.3, -0.25) is 0 Å². The molecule has 1 N–H and O–H groups in total. The van der Waals surface area contributed by atoms with Crippen LogP contribution < -0.4 is 5.32 Å². The van der Waals surface area contributed by atoms with E-state index in [1.54, 1.807) is 11.3 Å². The minimum Gasteiger partial charge on any atom is -0.359 e. The third-order valence-corrected chi connectivity index (χ3v) is 5.58. The van der Waals surface area contributed by atoms with Crippen LogP contribution in [0, 0.1) is 5.92 Å². The van der Waals surface area contributed by atoms with E-state index in [4.69, 9.17) is 11.6 Å². The van der Waals surface area contributed by atoms with Crippen molar-refractivity contribution in [2.75, 3.05) is 5.32 Å². The number of hydrogen-bond acceptors (Lipinski definition) is 3. The second-order valence-electron chi connectivity index (χ2n) is 5.38. The van der Waals surface area contributed by atoms with Crippen LogP contribution in [0.5, 0.6) is 0 Å². The molecule has 2 nitrogen and oxygen atoms in total. The van der Waals surface area contributed by atoms with Crippen LogP contribution in [-0.2, 0) is 0 Å². The van der Waals surface area contributed by atoms with Gasteiger partial charge in [0.1, 0.15) is 0 Å². The number of benzene rings is 1. The monoisotopic (exact) mass is 294 g/mol. The van der Waals surface area contributed by atoms with Crippen LogP contribution in [0.2, 0.25) is 5.02 Å². The molecule has 0 radical (unpaired) electrons. The molecule has 0 spiro atoms. The van der Waals surface area contributed by atoms with Gasteiger partial charge in [-0.15, -0.1) is 0 Å². The summed E-state index contributed by atoms with van der Waals surface area (Å²) in [5.41, 5.74) is 1.00. The lowest BCUT2D eigenvalue weighted by molar-refractivity contribution is 0.330. The molecule has 2 aromatic rings. The topological polar surface area (TPSA) is 24.9 Å². The summed E-state index contributed by atoms with van der Waals surface area (Å²) in [5.74, 6) is 0.933. The predicted molar refractivity (Wildman–Crippen MR) is 84.3 cm³/mol. The molecule has 0 atom stereocenters. The van der Waals surface area contributed by atoms with Crippen molar-refractivity contribution < 1.29 is 0 Å². The standard InChI is InChI=1S/C15H19ClN2S/c1-2-10-6-8-11(9-7-10)17-15-18-13-5-3-4-12(16)14(13)19-15/h3-5,10-11H,2,6-9H2,1H3,(H,17,18). The van der Waals surface area contributed by atoms with Crippen molar-refractivity contribution in [3.63, 3.8) is 0 Å². The molecule has 1 aliphatic carbocycles. The zero-order valence-corrected chi connectivity index (χ0v) is 12.7. The minimum atomic E-state index is 0.585. The summed E-state index contributed by atoms with van der Waals surface area (Å²) in [6.07, 6.45) is 6.55. The van der Waals surface area contributed by atoms with Gasteiger partial charge < -0.3 is 5.32 Å². The highest BCUT2D eigenvalue weighted by Gasteiger charge is 2.20. The van der Waals surface area contributed by atoms with Gasteiger partial charge in [-0.2, -0.15) is 0 Å². The SMILES string of the molecule is CCC1CCC(Nc2nc3cccc(Cl)c3s2)CC1. The fourth-order valence-corrected chi connectivity index (χ4v) is 4.10. The summed E-state index contributed by atoms with van der Waals surface area (Å²) in [6, 6.07) is 6.50. The summed E-state index contributed by atoms with van der Waals surface area (Å²) in [7, 11) is 0. The van der Waals surface area contributed by atoms with Gasteiger partial charge in [0.05, 0.1) is 15.2 Å². The summed E-state index contributed by atoms with van der Waals surface area (Å²) >= 11 is 7.86. The first-order valence-corrected chi connectivity index (χ1v) is 8.27.